The molecule has 3 atom stereocenters. The van der Waals surface area contributed by atoms with E-state index in [1.54, 1.807) is 18.7 Å². The lowest BCUT2D eigenvalue weighted by Gasteiger charge is -2.37. The van der Waals surface area contributed by atoms with Crippen LogP contribution in [0, 0.1) is 17.6 Å². The average molecular weight is 517 g/mol. The van der Waals surface area contributed by atoms with Gasteiger partial charge in [-0.15, -0.1) is 11.8 Å². The Hall–Kier alpha value is -3.58. The number of allylic oxidation sites excluding steroid dienone is 2. The molecule has 0 spiro atoms. The molecule has 0 radical (unpaired) electrons. The van der Waals surface area contributed by atoms with Gasteiger partial charge in [0.05, 0.1) is 11.6 Å². The number of carbonyl (C=O) groups is 2. The van der Waals surface area contributed by atoms with Crippen LogP contribution in [0.4, 0.5) is 14.5 Å². The summed E-state index contributed by atoms with van der Waals surface area (Å²) >= 11 is 1.60. The second kappa shape index (κ2) is 10.4. The van der Waals surface area contributed by atoms with E-state index in [0.29, 0.717) is 29.8 Å². The van der Waals surface area contributed by atoms with Crippen molar-refractivity contribution in [3.8, 4) is 0 Å². The van der Waals surface area contributed by atoms with Gasteiger partial charge in [0.15, 0.2) is 5.78 Å². The van der Waals surface area contributed by atoms with Crippen LogP contribution in [0.15, 0.2) is 94.0 Å². The van der Waals surface area contributed by atoms with E-state index in [0.717, 1.165) is 28.2 Å². The summed E-state index contributed by atoms with van der Waals surface area (Å²) in [5.41, 5.74) is 3.61. The summed E-state index contributed by atoms with van der Waals surface area (Å²) in [6.07, 6.45) is 2.91. The largest absolute Gasteiger partial charge is 0.323 e. The lowest BCUT2D eigenvalue weighted by molar-refractivity contribution is -0.119. The van der Waals surface area contributed by atoms with E-state index >= 15 is 0 Å². The van der Waals surface area contributed by atoms with Crippen LogP contribution in [0.5, 0.6) is 0 Å². The van der Waals surface area contributed by atoms with E-state index in [-0.39, 0.29) is 17.4 Å². The molecule has 5 rings (SSSR count). The van der Waals surface area contributed by atoms with Crippen LogP contribution < -0.4 is 5.32 Å². The molecule has 37 heavy (non-hydrogen) atoms. The van der Waals surface area contributed by atoms with E-state index in [1.807, 2.05) is 60.9 Å². The minimum absolute atomic E-state index is 0.0159. The van der Waals surface area contributed by atoms with Gasteiger partial charge in [-0.2, -0.15) is 0 Å². The number of anilines is 1. The molecule has 1 N–H and O–H groups in total. The van der Waals surface area contributed by atoms with Crippen LogP contribution in [0.25, 0.3) is 0 Å². The Morgan fingerprint density at radius 2 is 1.70 bits per heavy atom. The third kappa shape index (κ3) is 5.01. The average Bonchev–Trinajstić information content (AvgIpc) is 2.90. The van der Waals surface area contributed by atoms with Crippen LogP contribution >= 0.6 is 11.8 Å². The van der Waals surface area contributed by atoms with Crippen molar-refractivity contribution in [1.82, 2.24) is 0 Å². The summed E-state index contributed by atoms with van der Waals surface area (Å²) in [6, 6.07) is 20.7. The highest BCUT2D eigenvalue weighted by Gasteiger charge is 2.44. The van der Waals surface area contributed by atoms with Crippen molar-refractivity contribution in [3.05, 3.63) is 107 Å². The highest BCUT2D eigenvalue weighted by atomic mass is 32.2. The third-order valence-corrected chi connectivity index (χ3v) is 7.85. The van der Waals surface area contributed by atoms with Crippen molar-refractivity contribution in [2.75, 3.05) is 11.6 Å². The van der Waals surface area contributed by atoms with E-state index in [9.17, 15) is 18.4 Å². The Bertz CT molecular complexity index is 1420. The summed E-state index contributed by atoms with van der Waals surface area (Å²) in [7, 11) is 0. The molecule has 1 unspecified atom stereocenters. The number of hydrogen-bond acceptors (Lipinski definition) is 4. The first-order chi connectivity index (χ1) is 17.9. The molecular formula is C30H26F2N2O2S. The van der Waals surface area contributed by atoms with E-state index in [4.69, 9.17) is 4.99 Å². The number of nitrogens with zero attached hydrogens (tertiary/aromatic N) is 1. The molecule has 4 nitrogen and oxygen atoms in total. The molecule has 0 saturated heterocycles. The summed E-state index contributed by atoms with van der Waals surface area (Å²) in [5, 5.41) is 2.61. The van der Waals surface area contributed by atoms with Crippen molar-refractivity contribution in [2.45, 2.75) is 36.5 Å². The van der Waals surface area contributed by atoms with Crippen LogP contribution in [-0.4, -0.2) is 23.7 Å². The molecule has 1 aliphatic carbocycles. The maximum atomic E-state index is 14.4. The summed E-state index contributed by atoms with van der Waals surface area (Å²) in [4.78, 5) is 33.1. The first kappa shape index (κ1) is 25.1. The number of benzene rings is 3. The van der Waals surface area contributed by atoms with Crippen molar-refractivity contribution < 1.29 is 18.4 Å². The fourth-order valence-corrected chi connectivity index (χ4v) is 5.74. The van der Waals surface area contributed by atoms with Gasteiger partial charge in [-0.1, -0.05) is 42.5 Å². The Balaban J connectivity index is 1.56. The molecule has 1 heterocycles. The Morgan fingerprint density at radius 3 is 2.38 bits per heavy atom. The van der Waals surface area contributed by atoms with Crippen molar-refractivity contribution in [1.29, 1.82) is 0 Å². The Labute approximate surface area is 218 Å². The molecule has 0 bridgehead atoms. The van der Waals surface area contributed by atoms with Crippen molar-refractivity contribution in [2.24, 2.45) is 10.9 Å². The standard InChI is InChI=1S/C30H26F2N2O2S/c1-17-27(30(36)34-24-13-10-21(31)16-23(24)32)28(19-8-11-22(37-2)12-9-19)29-25(33-17)14-20(15-26(29)35)18-6-4-3-5-7-18/h3-13,16,20,27-28H,14-15H2,1-2H3,(H,34,36)/t20-,27?,28-/m0/s1. The molecule has 7 heteroatoms. The lowest BCUT2D eigenvalue weighted by Crippen LogP contribution is -2.39. The van der Waals surface area contributed by atoms with Gasteiger partial charge >= 0.3 is 0 Å². The third-order valence-electron chi connectivity index (χ3n) is 7.11. The highest BCUT2D eigenvalue weighted by molar-refractivity contribution is 7.98. The zero-order chi connectivity index (χ0) is 26.1. The number of amides is 1. The maximum Gasteiger partial charge on any atom is 0.234 e. The fraction of sp³-hybridized carbons (Fsp3) is 0.233. The van der Waals surface area contributed by atoms with Crippen molar-refractivity contribution >= 4 is 34.9 Å². The first-order valence-electron chi connectivity index (χ1n) is 12.1. The van der Waals surface area contributed by atoms with Crippen LogP contribution in [-0.2, 0) is 9.59 Å². The highest BCUT2D eigenvalue weighted by Crippen LogP contribution is 2.47. The SMILES string of the molecule is CSc1ccc([C@@H]2C3=C(C[C@H](c4ccccc4)CC3=O)N=C(C)C2C(=O)Nc2ccc(F)cc2F)cc1. The second-order valence-electron chi connectivity index (χ2n) is 9.39. The van der Waals surface area contributed by atoms with Crippen molar-refractivity contribution in [3.63, 3.8) is 0 Å². The normalized spacial score (nSPS) is 21.4. The minimum Gasteiger partial charge on any atom is -0.323 e. The maximum absolute atomic E-state index is 14.4. The molecule has 1 aliphatic heterocycles. The number of rotatable bonds is 5. The summed E-state index contributed by atoms with van der Waals surface area (Å²) in [6.45, 7) is 1.77. The van der Waals surface area contributed by atoms with Crippen LogP contribution in [0.3, 0.4) is 0 Å². The Kier molecular flexibility index (Phi) is 7.07. The van der Waals surface area contributed by atoms with Gasteiger partial charge in [0.2, 0.25) is 5.91 Å². The lowest BCUT2D eigenvalue weighted by atomic mass is 9.69. The first-order valence-corrected chi connectivity index (χ1v) is 13.3. The number of Topliss-reactive ketones (excluding diaryl/α,β-unsaturated/α-hetero) is 1. The monoisotopic (exact) mass is 516 g/mol. The molecule has 0 aromatic heterocycles. The zero-order valence-electron chi connectivity index (χ0n) is 20.5. The smallest absolute Gasteiger partial charge is 0.234 e. The summed E-state index contributed by atoms with van der Waals surface area (Å²) < 4.78 is 27.8. The number of hydrogen-bond donors (Lipinski definition) is 1. The quantitative estimate of drug-likeness (QED) is 0.375. The van der Waals surface area contributed by atoms with Crippen LogP contribution in [0.2, 0.25) is 0 Å². The number of carbonyl (C=O) groups excluding carboxylic acids is 2. The topological polar surface area (TPSA) is 58.5 Å². The summed E-state index contributed by atoms with van der Waals surface area (Å²) in [5.74, 6) is -3.47. The number of aliphatic imine (C=N–C) groups is 1. The van der Waals surface area contributed by atoms with Gasteiger partial charge < -0.3 is 5.32 Å². The van der Waals surface area contributed by atoms with Gasteiger partial charge in [0.25, 0.3) is 0 Å². The number of nitrogens with one attached hydrogen (secondary N) is 1. The number of thioether (sulfide) groups is 1. The van der Waals surface area contributed by atoms with Gasteiger partial charge in [-0.3, -0.25) is 14.6 Å². The van der Waals surface area contributed by atoms with E-state index in [2.05, 4.69) is 5.32 Å². The molecule has 0 fully saturated rings. The van der Waals surface area contributed by atoms with E-state index in [1.165, 1.54) is 6.07 Å². The fourth-order valence-electron chi connectivity index (χ4n) is 5.33. The molecule has 3 aromatic rings. The minimum atomic E-state index is -0.862. The Morgan fingerprint density at radius 1 is 0.973 bits per heavy atom. The molecule has 0 saturated carbocycles. The molecule has 2 aliphatic rings. The molecular weight excluding hydrogens is 490 g/mol. The predicted octanol–water partition coefficient (Wildman–Crippen LogP) is 6.90. The molecule has 1 amide bonds. The molecule has 188 valence electrons. The second-order valence-corrected chi connectivity index (χ2v) is 10.3. The molecule has 3 aromatic carbocycles. The van der Waals surface area contributed by atoms with Gasteiger partial charge in [0.1, 0.15) is 11.6 Å². The predicted molar refractivity (Wildman–Crippen MR) is 143 cm³/mol. The van der Waals surface area contributed by atoms with Gasteiger partial charge in [-0.05, 0) is 60.9 Å². The van der Waals surface area contributed by atoms with Gasteiger partial charge in [-0.25, -0.2) is 8.78 Å². The number of halogens is 2. The zero-order valence-corrected chi connectivity index (χ0v) is 21.3. The van der Waals surface area contributed by atoms with Gasteiger partial charge in [0, 0.05) is 40.3 Å². The number of ketones is 1. The van der Waals surface area contributed by atoms with Crippen LogP contribution in [0.1, 0.15) is 42.7 Å². The van der Waals surface area contributed by atoms with E-state index < -0.39 is 29.4 Å².